The fraction of sp³-hybridized carbons (Fsp3) is 0.133. The van der Waals surface area contributed by atoms with Gasteiger partial charge in [-0.2, -0.15) is 0 Å². The van der Waals surface area contributed by atoms with Crippen molar-refractivity contribution in [2.75, 3.05) is 13.2 Å². The molecule has 0 radical (unpaired) electrons. The number of hydrogen-bond donors (Lipinski definition) is 0. The highest BCUT2D eigenvalue weighted by Gasteiger charge is 2.10. The van der Waals surface area contributed by atoms with E-state index in [9.17, 15) is 4.79 Å². The van der Waals surface area contributed by atoms with Crippen LogP contribution in [-0.2, 0) is 4.74 Å². The summed E-state index contributed by atoms with van der Waals surface area (Å²) in [6, 6.07) is 9.36. The summed E-state index contributed by atoms with van der Waals surface area (Å²) in [6.45, 7) is 0.212. The summed E-state index contributed by atoms with van der Waals surface area (Å²) in [5.74, 6) is -0.0666. The molecule has 0 unspecified atom stereocenters. The highest BCUT2D eigenvalue weighted by Crippen LogP contribution is 2.27. The fourth-order valence-electron chi connectivity index (χ4n) is 1.63. The molecule has 0 aliphatic rings. The Morgan fingerprint density at radius 3 is 2.18 bits per heavy atom. The molecule has 22 heavy (non-hydrogen) atoms. The monoisotopic (exact) mass is 378 g/mol. The summed E-state index contributed by atoms with van der Waals surface area (Å²) < 4.78 is 10.5. The number of carbonyl (C=O) groups is 1. The molecule has 0 saturated heterocycles. The van der Waals surface area contributed by atoms with Crippen LogP contribution in [0.15, 0.2) is 36.4 Å². The van der Waals surface area contributed by atoms with Crippen LogP contribution in [0.3, 0.4) is 0 Å². The Morgan fingerprint density at radius 1 is 0.864 bits per heavy atom. The standard InChI is InChI=1S/C15H10Cl4O3/c16-10-1-2-14(13(19)8-10)21-3-4-22-15(20)9-5-11(17)7-12(18)6-9/h1-2,5-8H,3-4H2. The minimum atomic E-state index is -0.532. The van der Waals surface area contributed by atoms with E-state index in [1.165, 1.54) is 18.2 Å². The van der Waals surface area contributed by atoms with Crippen LogP contribution >= 0.6 is 46.4 Å². The van der Waals surface area contributed by atoms with Crippen molar-refractivity contribution in [3.8, 4) is 5.75 Å². The maximum absolute atomic E-state index is 11.8. The topological polar surface area (TPSA) is 35.5 Å². The highest BCUT2D eigenvalue weighted by atomic mass is 35.5. The van der Waals surface area contributed by atoms with Gasteiger partial charge < -0.3 is 9.47 Å². The Labute approximate surface area is 147 Å². The number of rotatable bonds is 5. The molecular weight excluding hydrogens is 370 g/mol. The van der Waals surface area contributed by atoms with E-state index in [-0.39, 0.29) is 18.8 Å². The Morgan fingerprint density at radius 2 is 1.55 bits per heavy atom. The molecule has 0 atom stereocenters. The number of halogens is 4. The molecule has 0 aliphatic heterocycles. The zero-order valence-corrected chi connectivity index (χ0v) is 14.1. The molecule has 0 bridgehead atoms. The lowest BCUT2D eigenvalue weighted by atomic mass is 10.2. The van der Waals surface area contributed by atoms with Gasteiger partial charge in [-0.3, -0.25) is 0 Å². The van der Waals surface area contributed by atoms with Gasteiger partial charge in [0.05, 0.1) is 10.6 Å². The van der Waals surface area contributed by atoms with Crippen LogP contribution in [-0.4, -0.2) is 19.2 Å². The van der Waals surface area contributed by atoms with Gasteiger partial charge in [-0.25, -0.2) is 4.79 Å². The van der Waals surface area contributed by atoms with Crippen molar-refractivity contribution in [2.45, 2.75) is 0 Å². The summed E-state index contributed by atoms with van der Waals surface area (Å²) in [4.78, 5) is 11.8. The molecule has 0 spiro atoms. The van der Waals surface area contributed by atoms with Gasteiger partial charge >= 0.3 is 5.97 Å². The highest BCUT2D eigenvalue weighted by molar-refractivity contribution is 6.35. The SMILES string of the molecule is O=C(OCCOc1ccc(Cl)cc1Cl)c1cc(Cl)cc(Cl)c1. The molecule has 7 heteroatoms. The van der Waals surface area contributed by atoms with Crippen LogP contribution in [0.2, 0.25) is 20.1 Å². The normalized spacial score (nSPS) is 10.4. The summed E-state index contributed by atoms with van der Waals surface area (Å²) >= 11 is 23.4. The average molecular weight is 380 g/mol. The second-order valence-electron chi connectivity index (χ2n) is 4.22. The number of hydrogen-bond acceptors (Lipinski definition) is 3. The lowest BCUT2D eigenvalue weighted by Gasteiger charge is -2.09. The minimum absolute atomic E-state index is 0.0575. The van der Waals surface area contributed by atoms with E-state index in [1.54, 1.807) is 18.2 Å². The molecule has 2 aromatic rings. The van der Waals surface area contributed by atoms with Gasteiger partial charge in [0.1, 0.15) is 19.0 Å². The van der Waals surface area contributed by atoms with E-state index in [0.717, 1.165) is 0 Å². The lowest BCUT2D eigenvalue weighted by molar-refractivity contribution is 0.0450. The van der Waals surface area contributed by atoms with Gasteiger partial charge in [0.25, 0.3) is 0 Å². The fourth-order valence-corrected chi connectivity index (χ4v) is 2.62. The minimum Gasteiger partial charge on any atom is -0.488 e. The largest absolute Gasteiger partial charge is 0.488 e. The maximum Gasteiger partial charge on any atom is 0.338 e. The zero-order chi connectivity index (χ0) is 16.1. The molecule has 0 N–H and O–H groups in total. The first kappa shape index (κ1) is 17.2. The van der Waals surface area contributed by atoms with Gasteiger partial charge in [-0.1, -0.05) is 46.4 Å². The van der Waals surface area contributed by atoms with E-state index < -0.39 is 5.97 Å². The lowest BCUT2D eigenvalue weighted by Crippen LogP contribution is -2.12. The maximum atomic E-state index is 11.8. The van der Waals surface area contributed by atoms with Crippen molar-refractivity contribution < 1.29 is 14.3 Å². The van der Waals surface area contributed by atoms with Gasteiger partial charge in [-0.05, 0) is 36.4 Å². The Balaban J connectivity index is 1.84. The first-order chi connectivity index (χ1) is 10.5. The van der Waals surface area contributed by atoms with E-state index in [2.05, 4.69) is 0 Å². The number of carbonyl (C=O) groups excluding carboxylic acids is 1. The zero-order valence-electron chi connectivity index (χ0n) is 11.1. The van der Waals surface area contributed by atoms with Gasteiger partial charge in [0, 0.05) is 15.1 Å². The van der Waals surface area contributed by atoms with Crippen LogP contribution < -0.4 is 4.74 Å². The Kier molecular flexibility index (Phi) is 6.21. The average Bonchev–Trinajstić information content (AvgIpc) is 2.44. The second-order valence-corrected chi connectivity index (χ2v) is 5.93. The quantitative estimate of drug-likeness (QED) is 0.505. The molecule has 116 valence electrons. The van der Waals surface area contributed by atoms with Gasteiger partial charge in [0.2, 0.25) is 0 Å². The third-order valence-corrected chi connectivity index (χ3v) is 3.53. The summed E-state index contributed by atoms with van der Waals surface area (Å²) in [5.41, 5.74) is 0.280. The van der Waals surface area contributed by atoms with Gasteiger partial charge in [-0.15, -0.1) is 0 Å². The van der Waals surface area contributed by atoms with E-state index in [4.69, 9.17) is 55.9 Å². The number of benzene rings is 2. The van der Waals surface area contributed by atoms with Crippen LogP contribution in [0.5, 0.6) is 5.75 Å². The summed E-state index contributed by atoms with van der Waals surface area (Å²) in [6.07, 6.45) is 0. The summed E-state index contributed by atoms with van der Waals surface area (Å²) in [7, 11) is 0. The molecule has 0 saturated carbocycles. The predicted molar refractivity (Wildman–Crippen MR) is 88.7 cm³/mol. The van der Waals surface area contributed by atoms with Crippen molar-refractivity contribution in [3.05, 3.63) is 62.1 Å². The molecular formula is C15H10Cl4O3. The van der Waals surface area contributed by atoms with Crippen LogP contribution in [0.25, 0.3) is 0 Å². The Bertz CT molecular complexity index is 668. The van der Waals surface area contributed by atoms with Crippen molar-refractivity contribution >= 4 is 52.4 Å². The number of esters is 1. The molecule has 2 aromatic carbocycles. The molecule has 0 fully saturated rings. The molecule has 0 aliphatic carbocycles. The van der Waals surface area contributed by atoms with Crippen molar-refractivity contribution in [2.24, 2.45) is 0 Å². The van der Waals surface area contributed by atoms with E-state index >= 15 is 0 Å². The smallest absolute Gasteiger partial charge is 0.338 e. The molecule has 0 aromatic heterocycles. The number of ether oxygens (including phenoxy) is 2. The van der Waals surface area contributed by atoms with Crippen molar-refractivity contribution in [1.29, 1.82) is 0 Å². The van der Waals surface area contributed by atoms with Gasteiger partial charge in [0.15, 0.2) is 0 Å². The first-order valence-electron chi connectivity index (χ1n) is 6.17. The van der Waals surface area contributed by atoms with E-state index in [0.29, 0.717) is 25.8 Å². The van der Waals surface area contributed by atoms with Crippen LogP contribution in [0, 0.1) is 0 Å². The molecule has 0 amide bonds. The van der Waals surface area contributed by atoms with E-state index in [1.807, 2.05) is 0 Å². The van der Waals surface area contributed by atoms with Crippen LogP contribution in [0.1, 0.15) is 10.4 Å². The van der Waals surface area contributed by atoms with Crippen molar-refractivity contribution in [3.63, 3.8) is 0 Å². The first-order valence-corrected chi connectivity index (χ1v) is 7.68. The third-order valence-electron chi connectivity index (χ3n) is 2.57. The summed E-state index contributed by atoms with van der Waals surface area (Å²) in [5, 5.41) is 1.63. The predicted octanol–water partition coefficient (Wildman–Crippen LogP) is 5.54. The molecule has 3 nitrogen and oxygen atoms in total. The third kappa shape index (κ3) is 4.96. The second kappa shape index (κ2) is 7.93. The van der Waals surface area contributed by atoms with Crippen molar-refractivity contribution in [1.82, 2.24) is 0 Å². The Hall–Kier alpha value is -1.13. The molecule has 2 rings (SSSR count). The van der Waals surface area contributed by atoms with Crippen LogP contribution in [0.4, 0.5) is 0 Å². The molecule has 0 heterocycles.